The monoisotopic (exact) mass is 334 g/mol. The van der Waals surface area contributed by atoms with E-state index in [1.807, 2.05) is 18.2 Å². The summed E-state index contributed by atoms with van der Waals surface area (Å²) in [5.41, 5.74) is 2.03. The van der Waals surface area contributed by atoms with Gasteiger partial charge in [-0.2, -0.15) is 0 Å². The third-order valence-corrected chi connectivity index (χ3v) is 3.71. The summed E-state index contributed by atoms with van der Waals surface area (Å²) >= 11 is 0. The molecule has 0 amide bonds. The van der Waals surface area contributed by atoms with Gasteiger partial charge in [0.15, 0.2) is 0 Å². The molecule has 3 N–H and O–H groups in total. The zero-order valence-electron chi connectivity index (χ0n) is 13.7. The van der Waals surface area contributed by atoms with Gasteiger partial charge in [-0.05, 0) is 30.7 Å². The van der Waals surface area contributed by atoms with Crippen molar-refractivity contribution in [3.63, 3.8) is 0 Å². The van der Waals surface area contributed by atoms with Crippen molar-refractivity contribution in [3.05, 3.63) is 78.1 Å². The van der Waals surface area contributed by atoms with Crippen LogP contribution in [0.1, 0.15) is 28.9 Å². The fraction of sp³-hybridized carbons (Fsp3) is 0.105. The number of hydrogen-bond acceptors (Lipinski definition) is 5. The molecule has 6 nitrogen and oxygen atoms in total. The standard InChI is InChI=1S/C19H18N4O2/c1-13(14-6-3-2-4-7-14)22-17-11-18(21-12-20-17)23-16-9-5-8-15(10-16)19(24)25/h2-13H,1H3,(H,24,25)(H2,20,21,22,23). The zero-order chi connectivity index (χ0) is 17.6. The van der Waals surface area contributed by atoms with Crippen LogP contribution in [0.3, 0.4) is 0 Å². The summed E-state index contributed by atoms with van der Waals surface area (Å²) in [6.07, 6.45) is 1.46. The Morgan fingerprint density at radius 1 is 1.00 bits per heavy atom. The molecule has 2 aromatic carbocycles. The molecule has 3 rings (SSSR count). The van der Waals surface area contributed by atoms with E-state index in [4.69, 9.17) is 5.11 Å². The van der Waals surface area contributed by atoms with Crippen LogP contribution in [0.25, 0.3) is 0 Å². The first-order valence-corrected chi connectivity index (χ1v) is 7.86. The second kappa shape index (κ2) is 7.44. The van der Waals surface area contributed by atoms with Crippen LogP contribution in [0.15, 0.2) is 67.0 Å². The van der Waals surface area contributed by atoms with Gasteiger partial charge in [-0.15, -0.1) is 0 Å². The molecular formula is C19H18N4O2. The van der Waals surface area contributed by atoms with Gasteiger partial charge < -0.3 is 15.7 Å². The maximum absolute atomic E-state index is 11.1. The maximum Gasteiger partial charge on any atom is 0.335 e. The van der Waals surface area contributed by atoms with Crippen molar-refractivity contribution in [2.24, 2.45) is 0 Å². The minimum Gasteiger partial charge on any atom is -0.478 e. The van der Waals surface area contributed by atoms with Crippen molar-refractivity contribution in [1.82, 2.24) is 9.97 Å². The lowest BCUT2D eigenvalue weighted by Crippen LogP contribution is -2.08. The third kappa shape index (κ3) is 4.32. The smallest absolute Gasteiger partial charge is 0.335 e. The summed E-state index contributed by atoms with van der Waals surface area (Å²) in [6.45, 7) is 2.06. The van der Waals surface area contributed by atoms with Gasteiger partial charge in [0.05, 0.1) is 5.56 Å². The summed E-state index contributed by atoms with van der Waals surface area (Å²) in [5, 5.41) is 15.5. The summed E-state index contributed by atoms with van der Waals surface area (Å²) in [4.78, 5) is 19.5. The van der Waals surface area contributed by atoms with Gasteiger partial charge in [-0.25, -0.2) is 14.8 Å². The summed E-state index contributed by atoms with van der Waals surface area (Å²) < 4.78 is 0. The van der Waals surface area contributed by atoms with Crippen LogP contribution in [0.2, 0.25) is 0 Å². The molecule has 0 aliphatic carbocycles. The molecule has 25 heavy (non-hydrogen) atoms. The Bertz CT molecular complexity index is 868. The normalized spacial score (nSPS) is 11.6. The van der Waals surface area contributed by atoms with Crippen LogP contribution in [-0.2, 0) is 0 Å². The van der Waals surface area contributed by atoms with Crippen LogP contribution in [0.5, 0.6) is 0 Å². The second-order valence-electron chi connectivity index (χ2n) is 5.58. The Balaban J connectivity index is 1.73. The van der Waals surface area contributed by atoms with Crippen molar-refractivity contribution >= 4 is 23.3 Å². The SMILES string of the molecule is CC(Nc1cc(Nc2cccc(C(=O)O)c2)ncn1)c1ccccc1. The average molecular weight is 334 g/mol. The highest BCUT2D eigenvalue weighted by atomic mass is 16.4. The number of carboxylic acid groups (broad SMARTS) is 1. The lowest BCUT2D eigenvalue weighted by Gasteiger charge is -2.15. The van der Waals surface area contributed by atoms with Crippen LogP contribution in [-0.4, -0.2) is 21.0 Å². The number of rotatable bonds is 6. The number of aromatic nitrogens is 2. The second-order valence-corrected chi connectivity index (χ2v) is 5.58. The van der Waals surface area contributed by atoms with Gasteiger partial charge in [-0.3, -0.25) is 0 Å². The van der Waals surface area contributed by atoms with Crippen molar-refractivity contribution < 1.29 is 9.90 Å². The molecule has 0 radical (unpaired) electrons. The van der Waals surface area contributed by atoms with E-state index >= 15 is 0 Å². The quantitative estimate of drug-likeness (QED) is 0.629. The van der Waals surface area contributed by atoms with E-state index in [2.05, 4.69) is 39.7 Å². The van der Waals surface area contributed by atoms with E-state index in [-0.39, 0.29) is 11.6 Å². The van der Waals surface area contributed by atoms with E-state index in [9.17, 15) is 4.79 Å². The Morgan fingerprint density at radius 3 is 2.52 bits per heavy atom. The number of carbonyl (C=O) groups is 1. The molecule has 1 unspecified atom stereocenters. The van der Waals surface area contributed by atoms with Crippen LogP contribution >= 0.6 is 0 Å². The highest BCUT2D eigenvalue weighted by Gasteiger charge is 2.07. The fourth-order valence-electron chi connectivity index (χ4n) is 2.43. The van der Waals surface area contributed by atoms with Gasteiger partial charge in [-0.1, -0.05) is 36.4 Å². The molecule has 1 atom stereocenters. The molecule has 0 aliphatic heterocycles. The van der Waals surface area contributed by atoms with Gasteiger partial charge in [0.2, 0.25) is 0 Å². The Kier molecular flexibility index (Phi) is 4.89. The number of aromatic carboxylic acids is 1. The van der Waals surface area contributed by atoms with Gasteiger partial charge in [0.25, 0.3) is 0 Å². The number of benzene rings is 2. The number of anilines is 3. The lowest BCUT2D eigenvalue weighted by atomic mass is 10.1. The number of nitrogens with one attached hydrogen (secondary N) is 2. The number of carboxylic acids is 1. The predicted molar refractivity (Wildman–Crippen MR) is 97.2 cm³/mol. The van der Waals surface area contributed by atoms with Crippen molar-refractivity contribution in [2.45, 2.75) is 13.0 Å². The molecule has 0 saturated heterocycles. The van der Waals surface area contributed by atoms with Gasteiger partial charge >= 0.3 is 5.97 Å². The minimum absolute atomic E-state index is 0.0966. The highest BCUT2D eigenvalue weighted by molar-refractivity contribution is 5.89. The molecular weight excluding hydrogens is 316 g/mol. The van der Waals surface area contributed by atoms with Crippen molar-refractivity contribution in [2.75, 3.05) is 10.6 Å². The van der Waals surface area contributed by atoms with E-state index in [1.54, 1.807) is 30.3 Å². The molecule has 126 valence electrons. The van der Waals surface area contributed by atoms with Gasteiger partial charge in [0.1, 0.15) is 18.0 Å². The third-order valence-electron chi connectivity index (χ3n) is 3.71. The van der Waals surface area contributed by atoms with E-state index in [0.717, 1.165) is 5.56 Å². The molecule has 0 aliphatic rings. The number of hydrogen-bond donors (Lipinski definition) is 3. The Hall–Kier alpha value is -3.41. The molecule has 6 heteroatoms. The molecule has 0 spiro atoms. The van der Waals surface area contributed by atoms with Gasteiger partial charge in [0, 0.05) is 17.8 Å². The van der Waals surface area contributed by atoms with E-state index < -0.39 is 5.97 Å². The van der Waals surface area contributed by atoms with Crippen LogP contribution in [0.4, 0.5) is 17.3 Å². The summed E-state index contributed by atoms with van der Waals surface area (Å²) in [6, 6.07) is 18.5. The lowest BCUT2D eigenvalue weighted by molar-refractivity contribution is 0.0697. The average Bonchev–Trinajstić information content (AvgIpc) is 2.63. The first-order valence-electron chi connectivity index (χ1n) is 7.86. The summed E-state index contributed by atoms with van der Waals surface area (Å²) in [5.74, 6) is 0.300. The Morgan fingerprint density at radius 2 is 1.76 bits per heavy atom. The minimum atomic E-state index is -0.967. The molecule has 3 aromatic rings. The van der Waals surface area contributed by atoms with Crippen molar-refractivity contribution in [3.8, 4) is 0 Å². The fourth-order valence-corrected chi connectivity index (χ4v) is 2.43. The molecule has 0 bridgehead atoms. The molecule has 1 aromatic heterocycles. The summed E-state index contributed by atoms with van der Waals surface area (Å²) in [7, 11) is 0. The highest BCUT2D eigenvalue weighted by Crippen LogP contribution is 2.21. The first-order chi connectivity index (χ1) is 12.1. The van der Waals surface area contributed by atoms with Crippen LogP contribution < -0.4 is 10.6 Å². The van der Waals surface area contributed by atoms with Crippen molar-refractivity contribution in [1.29, 1.82) is 0 Å². The maximum atomic E-state index is 11.1. The molecule has 1 heterocycles. The first kappa shape index (κ1) is 16.4. The number of nitrogens with zero attached hydrogens (tertiary/aromatic N) is 2. The van der Waals surface area contributed by atoms with E-state index in [0.29, 0.717) is 17.3 Å². The largest absolute Gasteiger partial charge is 0.478 e. The molecule has 0 saturated carbocycles. The zero-order valence-corrected chi connectivity index (χ0v) is 13.7. The Labute approximate surface area is 145 Å². The van der Waals surface area contributed by atoms with Crippen LogP contribution in [0, 0.1) is 0 Å². The predicted octanol–water partition coefficient (Wildman–Crippen LogP) is 4.09. The van der Waals surface area contributed by atoms with E-state index in [1.165, 1.54) is 6.33 Å². The topological polar surface area (TPSA) is 87.1 Å². The molecule has 0 fully saturated rings.